The van der Waals surface area contributed by atoms with Gasteiger partial charge in [0.15, 0.2) is 0 Å². The Morgan fingerprint density at radius 1 is 1.60 bits per heavy atom. The number of hydrogen-bond acceptors (Lipinski definition) is 4. The predicted molar refractivity (Wildman–Crippen MR) is 62.1 cm³/mol. The highest BCUT2D eigenvalue weighted by molar-refractivity contribution is 5.45. The molecule has 1 heterocycles. The summed E-state index contributed by atoms with van der Waals surface area (Å²) in [5.41, 5.74) is 7.04. The zero-order chi connectivity index (χ0) is 11.3. The van der Waals surface area contributed by atoms with Crippen molar-refractivity contribution in [3.63, 3.8) is 0 Å². The molecule has 84 valence electrons. The maximum Gasteiger partial charge on any atom is 0.131 e. The van der Waals surface area contributed by atoms with E-state index in [4.69, 9.17) is 10.5 Å². The summed E-state index contributed by atoms with van der Waals surface area (Å²) in [6, 6.07) is 3.99. The second kappa shape index (κ2) is 5.68. The van der Waals surface area contributed by atoms with Gasteiger partial charge in [0.1, 0.15) is 5.82 Å². The molecule has 0 aliphatic carbocycles. The van der Waals surface area contributed by atoms with E-state index in [2.05, 4.69) is 9.88 Å². The Morgan fingerprint density at radius 2 is 2.33 bits per heavy atom. The minimum absolute atomic E-state index is 0.0152. The largest absolute Gasteiger partial charge is 0.383 e. The minimum atomic E-state index is 0.0152. The fraction of sp³-hybridized carbons (Fsp3) is 0.545. The Bertz CT molecular complexity index is 304. The maximum absolute atomic E-state index is 5.88. The number of nitrogens with zero attached hydrogens (tertiary/aromatic N) is 2. The minimum Gasteiger partial charge on any atom is -0.383 e. The molecule has 0 aromatic carbocycles. The summed E-state index contributed by atoms with van der Waals surface area (Å²) in [5.74, 6) is 0.976. The Balaban J connectivity index is 2.61. The van der Waals surface area contributed by atoms with Crippen molar-refractivity contribution in [1.29, 1.82) is 0 Å². The fourth-order valence-corrected chi connectivity index (χ4v) is 1.58. The molecule has 0 fully saturated rings. The summed E-state index contributed by atoms with van der Waals surface area (Å²) in [6.45, 7) is 3.35. The summed E-state index contributed by atoms with van der Waals surface area (Å²) in [7, 11) is 3.65. The molecular formula is C11H19N3O. The summed E-state index contributed by atoms with van der Waals surface area (Å²) >= 11 is 0. The van der Waals surface area contributed by atoms with Gasteiger partial charge in [-0.1, -0.05) is 6.07 Å². The Labute approximate surface area is 91.1 Å². The SMILES string of the molecule is COCC(N)CN(C)c1ncccc1C. The number of likely N-dealkylation sites (N-methyl/N-ethyl adjacent to an activating group) is 1. The van der Waals surface area contributed by atoms with Gasteiger partial charge in [0, 0.05) is 32.9 Å². The number of hydrogen-bond donors (Lipinski definition) is 1. The first-order chi connectivity index (χ1) is 7.15. The lowest BCUT2D eigenvalue weighted by atomic mass is 10.2. The quantitative estimate of drug-likeness (QED) is 0.779. The van der Waals surface area contributed by atoms with E-state index in [1.807, 2.05) is 26.1 Å². The summed E-state index contributed by atoms with van der Waals surface area (Å²) < 4.78 is 5.00. The van der Waals surface area contributed by atoms with E-state index in [0.717, 1.165) is 17.9 Å². The van der Waals surface area contributed by atoms with E-state index in [1.54, 1.807) is 13.3 Å². The molecule has 15 heavy (non-hydrogen) atoms. The second-order valence-electron chi connectivity index (χ2n) is 3.74. The van der Waals surface area contributed by atoms with Gasteiger partial charge in [-0.25, -0.2) is 4.98 Å². The Kier molecular flexibility index (Phi) is 4.52. The van der Waals surface area contributed by atoms with Crippen LogP contribution in [0.3, 0.4) is 0 Å². The van der Waals surface area contributed by atoms with Crippen LogP contribution >= 0.6 is 0 Å². The lowest BCUT2D eigenvalue weighted by Gasteiger charge is -2.23. The number of ether oxygens (including phenoxy) is 1. The molecule has 1 unspecified atom stereocenters. The van der Waals surface area contributed by atoms with Gasteiger partial charge in [-0.15, -0.1) is 0 Å². The molecule has 0 amide bonds. The average molecular weight is 209 g/mol. The average Bonchev–Trinajstić information content (AvgIpc) is 2.18. The highest BCUT2D eigenvalue weighted by atomic mass is 16.5. The monoisotopic (exact) mass is 209 g/mol. The molecule has 0 aliphatic rings. The zero-order valence-electron chi connectivity index (χ0n) is 9.60. The van der Waals surface area contributed by atoms with Crippen molar-refractivity contribution in [2.24, 2.45) is 5.73 Å². The summed E-state index contributed by atoms with van der Waals surface area (Å²) in [6.07, 6.45) is 1.79. The van der Waals surface area contributed by atoms with Crippen molar-refractivity contribution in [3.05, 3.63) is 23.9 Å². The van der Waals surface area contributed by atoms with E-state index in [1.165, 1.54) is 0 Å². The highest BCUT2D eigenvalue weighted by Gasteiger charge is 2.09. The first kappa shape index (κ1) is 11.9. The normalized spacial score (nSPS) is 12.5. The van der Waals surface area contributed by atoms with Crippen LogP contribution < -0.4 is 10.6 Å². The van der Waals surface area contributed by atoms with Crippen LogP contribution in [0.15, 0.2) is 18.3 Å². The van der Waals surface area contributed by atoms with Crippen LogP contribution in [0.25, 0.3) is 0 Å². The van der Waals surface area contributed by atoms with Crippen LogP contribution in [0.4, 0.5) is 5.82 Å². The third kappa shape index (κ3) is 3.49. The van der Waals surface area contributed by atoms with Gasteiger partial charge >= 0.3 is 0 Å². The van der Waals surface area contributed by atoms with Crippen LogP contribution in [-0.4, -0.2) is 38.3 Å². The third-order valence-corrected chi connectivity index (χ3v) is 2.23. The topological polar surface area (TPSA) is 51.4 Å². The zero-order valence-corrected chi connectivity index (χ0v) is 9.60. The van der Waals surface area contributed by atoms with Crippen LogP contribution in [0.2, 0.25) is 0 Å². The van der Waals surface area contributed by atoms with Crippen molar-refractivity contribution in [2.75, 3.05) is 32.2 Å². The number of pyridine rings is 1. The number of methoxy groups -OCH3 is 1. The van der Waals surface area contributed by atoms with E-state index in [9.17, 15) is 0 Å². The first-order valence-electron chi connectivity index (χ1n) is 5.02. The predicted octanol–water partition coefficient (Wildman–Crippen LogP) is 0.800. The van der Waals surface area contributed by atoms with Crippen LogP contribution in [0, 0.1) is 6.92 Å². The highest BCUT2D eigenvalue weighted by Crippen LogP contribution is 2.13. The van der Waals surface area contributed by atoms with Gasteiger partial charge in [-0.05, 0) is 18.6 Å². The molecule has 1 rings (SSSR count). The molecule has 0 saturated carbocycles. The second-order valence-corrected chi connectivity index (χ2v) is 3.74. The molecule has 0 spiro atoms. The lowest BCUT2D eigenvalue weighted by Crippen LogP contribution is -2.39. The summed E-state index contributed by atoms with van der Waals surface area (Å²) in [5, 5.41) is 0. The van der Waals surface area contributed by atoms with Crippen LogP contribution in [-0.2, 0) is 4.74 Å². The molecule has 4 nitrogen and oxygen atoms in total. The van der Waals surface area contributed by atoms with Crippen molar-refractivity contribution < 1.29 is 4.74 Å². The number of aromatic nitrogens is 1. The van der Waals surface area contributed by atoms with Crippen molar-refractivity contribution in [3.8, 4) is 0 Å². The lowest BCUT2D eigenvalue weighted by molar-refractivity contribution is 0.181. The van der Waals surface area contributed by atoms with Gasteiger partial charge in [0.2, 0.25) is 0 Å². The van der Waals surface area contributed by atoms with Crippen LogP contribution in [0.5, 0.6) is 0 Å². The molecule has 1 atom stereocenters. The van der Waals surface area contributed by atoms with Crippen molar-refractivity contribution in [1.82, 2.24) is 4.98 Å². The van der Waals surface area contributed by atoms with Crippen molar-refractivity contribution >= 4 is 5.82 Å². The third-order valence-electron chi connectivity index (χ3n) is 2.23. The van der Waals surface area contributed by atoms with Gasteiger partial charge in [0.05, 0.1) is 6.61 Å². The Hall–Kier alpha value is -1.13. The molecule has 1 aromatic heterocycles. The number of nitrogens with two attached hydrogens (primary N) is 1. The molecule has 4 heteroatoms. The molecule has 1 aromatic rings. The van der Waals surface area contributed by atoms with Gasteiger partial charge in [-0.3, -0.25) is 0 Å². The van der Waals surface area contributed by atoms with E-state index in [0.29, 0.717) is 6.61 Å². The smallest absolute Gasteiger partial charge is 0.131 e. The standard InChI is InChI=1S/C11H19N3O/c1-9-5-4-6-13-11(9)14(2)7-10(12)8-15-3/h4-6,10H,7-8,12H2,1-3H3. The van der Waals surface area contributed by atoms with E-state index < -0.39 is 0 Å². The van der Waals surface area contributed by atoms with Gasteiger partial charge < -0.3 is 15.4 Å². The summed E-state index contributed by atoms with van der Waals surface area (Å²) in [4.78, 5) is 6.38. The Morgan fingerprint density at radius 3 is 2.93 bits per heavy atom. The van der Waals surface area contributed by atoms with E-state index >= 15 is 0 Å². The molecule has 0 aliphatic heterocycles. The fourth-order valence-electron chi connectivity index (χ4n) is 1.58. The number of aryl methyl sites for hydroxylation is 1. The molecule has 0 bridgehead atoms. The molecular weight excluding hydrogens is 190 g/mol. The van der Waals surface area contributed by atoms with Gasteiger partial charge in [0.25, 0.3) is 0 Å². The molecule has 2 N–H and O–H groups in total. The number of rotatable bonds is 5. The maximum atomic E-state index is 5.88. The molecule has 0 saturated heterocycles. The van der Waals surface area contributed by atoms with Crippen molar-refractivity contribution in [2.45, 2.75) is 13.0 Å². The van der Waals surface area contributed by atoms with E-state index in [-0.39, 0.29) is 6.04 Å². The van der Waals surface area contributed by atoms with Gasteiger partial charge in [-0.2, -0.15) is 0 Å². The first-order valence-corrected chi connectivity index (χ1v) is 5.02. The number of anilines is 1. The molecule has 0 radical (unpaired) electrons. The van der Waals surface area contributed by atoms with Crippen LogP contribution in [0.1, 0.15) is 5.56 Å².